The maximum absolute atomic E-state index is 12.6. The first-order valence-electron chi connectivity index (χ1n) is 6.37. The molecule has 5 heteroatoms. The highest BCUT2D eigenvalue weighted by Gasteiger charge is 2.30. The van der Waals surface area contributed by atoms with Crippen LogP contribution in [0.5, 0.6) is 0 Å². The topological polar surface area (TPSA) is 20.3 Å². The van der Waals surface area contributed by atoms with Gasteiger partial charge in [-0.1, -0.05) is 46.4 Å². The van der Waals surface area contributed by atoms with Crippen molar-refractivity contribution in [2.75, 3.05) is 7.05 Å². The van der Waals surface area contributed by atoms with E-state index in [1.165, 1.54) is 12.8 Å². The van der Waals surface area contributed by atoms with Gasteiger partial charge in [0.05, 0.1) is 10.6 Å². The summed E-state index contributed by atoms with van der Waals surface area (Å²) in [6.07, 6.45) is 4.57. The van der Waals surface area contributed by atoms with Crippen LogP contribution in [-0.4, -0.2) is 28.7 Å². The third-order valence-electron chi connectivity index (χ3n) is 3.65. The number of alkyl halides is 1. The predicted molar refractivity (Wildman–Crippen MR) is 86.2 cm³/mol. The summed E-state index contributed by atoms with van der Waals surface area (Å²) in [5.74, 6) is -0.0114. The molecule has 1 saturated carbocycles. The molecule has 2 atom stereocenters. The molecule has 2 unspecified atom stereocenters. The minimum atomic E-state index is -0.0114. The molecule has 1 aromatic rings. The van der Waals surface area contributed by atoms with Crippen LogP contribution in [-0.2, 0) is 0 Å². The molecule has 1 aromatic carbocycles. The lowest BCUT2D eigenvalue weighted by Gasteiger charge is -2.35. The van der Waals surface area contributed by atoms with E-state index in [0.29, 0.717) is 15.4 Å². The Bertz CT molecular complexity index is 481. The number of hydrogen-bond acceptors (Lipinski definition) is 1. The number of carbonyl (C=O) groups excluding carboxylic acids is 1. The van der Waals surface area contributed by atoms with Crippen LogP contribution in [0.4, 0.5) is 0 Å². The second-order valence-corrected chi connectivity index (χ2v) is 7.29. The summed E-state index contributed by atoms with van der Waals surface area (Å²) in [6.45, 7) is 0. The van der Waals surface area contributed by atoms with E-state index in [1.807, 2.05) is 24.1 Å². The lowest BCUT2D eigenvalue weighted by Crippen LogP contribution is -2.44. The number of hydrogen-bond donors (Lipinski definition) is 0. The zero-order chi connectivity index (χ0) is 14.0. The van der Waals surface area contributed by atoms with Gasteiger partial charge in [0.2, 0.25) is 0 Å². The summed E-state index contributed by atoms with van der Waals surface area (Å²) >= 11 is 13.3. The van der Waals surface area contributed by atoms with Crippen molar-refractivity contribution in [3.63, 3.8) is 0 Å². The molecule has 2 nitrogen and oxygen atoms in total. The van der Waals surface area contributed by atoms with Crippen molar-refractivity contribution < 1.29 is 4.79 Å². The van der Waals surface area contributed by atoms with Gasteiger partial charge in [-0.3, -0.25) is 4.79 Å². The smallest absolute Gasteiger partial charge is 0.255 e. The van der Waals surface area contributed by atoms with Gasteiger partial charge in [-0.05, 0) is 40.9 Å². The molecule has 1 fully saturated rings. The third-order valence-corrected chi connectivity index (χ3v) is 6.01. The highest BCUT2D eigenvalue weighted by Crippen LogP contribution is 2.31. The molecule has 0 N–H and O–H groups in total. The Kier molecular flexibility index (Phi) is 5.32. The van der Waals surface area contributed by atoms with Gasteiger partial charge in [0.1, 0.15) is 0 Å². The van der Waals surface area contributed by atoms with Gasteiger partial charge in [0.25, 0.3) is 5.91 Å². The number of carbonyl (C=O) groups is 1. The molecule has 104 valence electrons. The number of nitrogens with zero attached hydrogens (tertiary/aromatic N) is 1. The lowest BCUT2D eigenvalue weighted by atomic mass is 9.94. The summed E-state index contributed by atoms with van der Waals surface area (Å²) in [5, 5.41) is 0.487. The average molecular weight is 410 g/mol. The fourth-order valence-electron chi connectivity index (χ4n) is 2.51. The molecule has 0 spiro atoms. The molecule has 1 aliphatic rings. The minimum Gasteiger partial charge on any atom is -0.338 e. The van der Waals surface area contributed by atoms with Crippen molar-refractivity contribution in [2.45, 2.75) is 36.6 Å². The maximum Gasteiger partial charge on any atom is 0.255 e. The Balaban J connectivity index is 2.21. The van der Waals surface area contributed by atoms with Crippen LogP contribution < -0.4 is 0 Å². The van der Waals surface area contributed by atoms with Crippen molar-refractivity contribution in [2.24, 2.45) is 0 Å². The van der Waals surface area contributed by atoms with Crippen LogP contribution in [0.3, 0.4) is 0 Å². The molecule has 0 bridgehead atoms. The molecule has 0 radical (unpaired) electrons. The molecule has 0 saturated heterocycles. The minimum absolute atomic E-state index is 0.0114. The van der Waals surface area contributed by atoms with Crippen LogP contribution in [0, 0.1) is 0 Å². The van der Waals surface area contributed by atoms with Gasteiger partial charge in [-0.25, -0.2) is 0 Å². The highest BCUT2D eigenvalue weighted by atomic mass is 79.9. The van der Waals surface area contributed by atoms with Crippen LogP contribution in [0.1, 0.15) is 36.0 Å². The van der Waals surface area contributed by atoms with Crippen molar-refractivity contribution in [3.8, 4) is 0 Å². The van der Waals surface area contributed by atoms with Crippen molar-refractivity contribution in [3.05, 3.63) is 33.3 Å². The largest absolute Gasteiger partial charge is 0.338 e. The second-order valence-electron chi connectivity index (χ2n) is 4.89. The first-order chi connectivity index (χ1) is 9.02. The third kappa shape index (κ3) is 3.34. The van der Waals surface area contributed by atoms with E-state index in [0.717, 1.165) is 17.3 Å². The van der Waals surface area contributed by atoms with Gasteiger partial charge in [-0.2, -0.15) is 0 Å². The van der Waals surface area contributed by atoms with Crippen LogP contribution >= 0.6 is 43.5 Å². The Labute approximate surface area is 135 Å². The van der Waals surface area contributed by atoms with E-state index in [4.69, 9.17) is 11.6 Å². The average Bonchev–Trinajstić information content (AvgIpc) is 2.41. The lowest BCUT2D eigenvalue weighted by molar-refractivity contribution is 0.0705. The monoisotopic (exact) mass is 407 g/mol. The maximum atomic E-state index is 12.6. The fraction of sp³-hybridized carbons (Fsp3) is 0.500. The van der Waals surface area contributed by atoms with Crippen LogP contribution in [0.2, 0.25) is 5.02 Å². The summed E-state index contributed by atoms with van der Waals surface area (Å²) < 4.78 is 0.757. The fourth-order valence-corrected chi connectivity index (χ4v) is 4.03. The van der Waals surface area contributed by atoms with E-state index >= 15 is 0 Å². The van der Waals surface area contributed by atoms with E-state index in [-0.39, 0.29) is 11.9 Å². The highest BCUT2D eigenvalue weighted by molar-refractivity contribution is 9.10. The molecule has 19 heavy (non-hydrogen) atoms. The number of rotatable bonds is 2. The molecule has 0 heterocycles. The Morgan fingerprint density at radius 2 is 2.05 bits per heavy atom. The van der Waals surface area contributed by atoms with Crippen molar-refractivity contribution in [1.29, 1.82) is 0 Å². The van der Waals surface area contributed by atoms with Crippen LogP contribution in [0.25, 0.3) is 0 Å². The van der Waals surface area contributed by atoms with E-state index in [2.05, 4.69) is 31.9 Å². The van der Waals surface area contributed by atoms with E-state index in [9.17, 15) is 4.79 Å². The summed E-state index contributed by atoms with van der Waals surface area (Å²) in [6, 6.07) is 5.70. The van der Waals surface area contributed by atoms with E-state index < -0.39 is 0 Å². The normalized spacial score (nSPS) is 23.2. The van der Waals surface area contributed by atoms with Gasteiger partial charge in [0.15, 0.2) is 0 Å². The molecule has 1 amide bonds. The van der Waals surface area contributed by atoms with Crippen molar-refractivity contribution >= 4 is 49.4 Å². The summed E-state index contributed by atoms with van der Waals surface area (Å²) in [4.78, 5) is 14.8. The van der Waals surface area contributed by atoms with Gasteiger partial charge in [0, 0.05) is 22.4 Å². The zero-order valence-corrected chi connectivity index (χ0v) is 14.6. The molecular weight excluding hydrogens is 393 g/mol. The first-order valence-corrected chi connectivity index (χ1v) is 8.46. The van der Waals surface area contributed by atoms with Gasteiger partial charge in [-0.15, -0.1) is 0 Å². The second kappa shape index (κ2) is 6.59. The Hall–Kier alpha value is -0.0600. The molecule has 1 aliphatic carbocycles. The Morgan fingerprint density at radius 1 is 1.37 bits per heavy atom. The number of benzene rings is 1. The number of amides is 1. The quantitative estimate of drug-likeness (QED) is 0.638. The SMILES string of the molecule is CN(C(=O)c1cccc(Br)c1Cl)C1CCCCC1Br. The first kappa shape index (κ1) is 15.3. The molecular formula is C14H16Br2ClNO. The standard InChI is InChI=1S/C14H16Br2ClNO/c1-18(12-8-3-2-6-10(12)15)14(19)9-5-4-7-11(16)13(9)17/h4-5,7,10,12H,2-3,6,8H2,1H3. The molecule has 2 rings (SSSR count). The van der Waals surface area contributed by atoms with E-state index in [1.54, 1.807) is 6.07 Å². The predicted octanol–water partition coefficient (Wildman–Crippen LogP) is 4.88. The zero-order valence-electron chi connectivity index (χ0n) is 10.7. The Morgan fingerprint density at radius 3 is 2.74 bits per heavy atom. The molecule has 0 aliphatic heterocycles. The summed E-state index contributed by atoms with van der Waals surface area (Å²) in [5.41, 5.74) is 0.559. The molecule has 0 aromatic heterocycles. The number of halogens is 3. The summed E-state index contributed by atoms with van der Waals surface area (Å²) in [7, 11) is 1.86. The van der Waals surface area contributed by atoms with Gasteiger partial charge >= 0.3 is 0 Å². The van der Waals surface area contributed by atoms with Gasteiger partial charge < -0.3 is 4.90 Å². The van der Waals surface area contributed by atoms with Crippen LogP contribution in [0.15, 0.2) is 22.7 Å². The van der Waals surface area contributed by atoms with Crippen molar-refractivity contribution in [1.82, 2.24) is 4.90 Å².